The summed E-state index contributed by atoms with van der Waals surface area (Å²) in [7, 11) is 0. The first kappa shape index (κ1) is 14.6. The molecular formula is C11H12F3IO2. The summed E-state index contributed by atoms with van der Waals surface area (Å²) >= 11 is 2.16. The van der Waals surface area contributed by atoms with Gasteiger partial charge >= 0.3 is 6.18 Å². The second kappa shape index (κ2) is 7.05. The predicted octanol–water partition coefficient (Wildman–Crippen LogP) is 3.64. The molecule has 0 radical (unpaired) electrons. The minimum atomic E-state index is -4.25. The molecule has 0 N–H and O–H groups in total. The molecule has 0 bridgehead atoms. The van der Waals surface area contributed by atoms with Crippen LogP contribution in [0.25, 0.3) is 0 Å². The molecule has 2 nitrogen and oxygen atoms in total. The standard InChI is InChI=1S/C11H12F3IO2/c12-11(13,14)8-16-5-2-6-17-10-4-1-3-9(15)7-10/h1,3-4,7H,2,5-6,8H2. The first-order chi connectivity index (χ1) is 7.97. The molecule has 0 spiro atoms. The van der Waals surface area contributed by atoms with E-state index in [1.54, 1.807) is 6.07 Å². The Morgan fingerprint density at radius 2 is 1.94 bits per heavy atom. The summed E-state index contributed by atoms with van der Waals surface area (Å²) in [5.74, 6) is 0.715. The summed E-state index contributed by atoms with van der Waals surface area (Å²) in [6.07, 6.45) is -3.82. The fourth-order valence-electron chi connectivity index (χ4n) is 1.10. The lowest BCUT2D eigenvalue weighted by Crippen LogP contribution is -2.18. The summed E-state index contributed by atoms with van der Waals surface area (Å²) in [5, 5.41) is 0. The Kier molecular flexibility index (Phi) is 6.04. The van der Waals surface area contributed by atoms with E-state index in [1.165, 1.54) is 0 Å². The van der Waals surface area contributed by atoms with E-state index in [9.17, 15) is 13.2 Å². The van der Waals surface area contributed by atoms with Crippen LogP contribution >= 0.6 is 22.6 Å². The van der Waals surface area contributed by atoms with Crippen LogP contribution < -0.4 is 4.74 Å². The van der Waals surface area contributed by atoms with Crippen molar-refractivity contribution in [3.8, 4) is 5.75 Å². The Labute approximate surface area is 111 Å². The van der Waals surface area contributed by atoms with Crippen molar-refractivity contribution in [2.24, 2.45) is 0 Å². The number of rotatable bonds is 6. The average molecular weight is 360 g/mol. The van der Waals surface area contributed by atoms with Crippen LogP contribution in [0.15, 0.2) is 24.3 Å². The van der Waals surface area contributed by atoms with Gasteiger partial charge in [0.05, 0.1) is 13.2 Å². The zero-order valence-corrected chi connectivity index (χ0v) is 11.1. The SMILES string of the molecule is FC(F)(F)COCCCOc1cccc(I)c1. The Hall–Kier alpha value is -0.500. The average Bonchev–Trinajstić information content (AvgIpc) is 2.22. The topological polar surface area (TPSA) is 18.5 Å². The lowest BCUT2D eigenvalue weighted by Gasteiger charge is -2.08. The molecule has 0 aliphatic rings. The molecule has 0 aliphatic carbocycles. The maximum atomic E-state index is 11.7. The van der Waals surface area contributed by atoms with Gasteiger partial charge in [0, 0.05) is 9.99 Å². The number of hydrogen-bond donors (Lipinski definition) is 0. The first-order valence-corrected chi connectivity index (χ1v) is 6.08. The largest absolute Gasteiger partial charge is 0.493 e. The molecule has 0 fully saturated rings. The van der Waals surface area contributed by atoms with Crippen LogP contribution in [-0.2, 0) is 4.74 Å². The normalized spacial score (nSPS) is 11.5. The van der Waals surface area contributed by atoms with Gasteiger partial charge in [-0.25, -0.2) is 0 Å². The second-order valence-electron chi connectivity index (χ2n) is 3.33. The number of benzene rings is 1. The van der Waals surface area contributed by atoms with Crippen LogP contribution in [-0.4, -0.2) is 26.0 Å². The van der Waals surface area contributed by atoms with Gasteiger partial charge in [-0.1, -0.05) is 6.07 Å². The van der Waals surface area contributed by atoms with E-state index in [-0.39, 0.29) is 6.61 Å². The van der Waals surface area contributed by atoms with Crippen LogP contribution in [0.5, 0.6) is 5.75 Å². The molecule has 6 heteroatoms. The van der Waals surface area contributed by atoms with Gasteiger partial charge in [0.15, 0.2) is 0 Å². The van der Waals surface area contributed by atoms with Crippen molar-refractivity contribution in [2.75, 3.05) is 19.8 Å². The highest BCUT2D eigenvalue weighted by Gasteiger charge is 2.27. The van der Waals surface area contributed by atoms with Gasteiger partial charge in [-0.15, -0.1) is 0 Å². The van der Waals surface area contributed by atoms with Gasteiger partial charge in [0.25, 0.3) is 0 Å². The molecule has 96 valence electrons. The summed E-state index contributed by atoms with van der Waals surface area (Å²) in [4.78, 5) is 0. The van der Waals surface area contributed by atoms with E-state index in [4.69, 9.17) is 4.74 Å². The van der Waals surface area contributed by atoms with Gasteiger partial charge in [0.2, 0.25) is 0 Å². The maximum absolute atomic E-state index is 11.7. The van der Waals surface area contributed by atoms with Crippen LogP contribution in [0, 0.1) is 3.57 Å². The molecule has 0 saturated heterocycles. The maximum Gasteiger partial charge on any atom is 0.411 e. The minimum absolute atomic E-state index is 0.0451. The fourth-order valence-corrected chi connectivity index (χ4v) is 1.61. The zero-order valence-electron chi connectivity index (χ0n) is 8.97. The van der Waals surface area contributed by atoms with Gasteiger partial charge in [-0.2, -0.15) is 13.2 Å². The van der Waals surface area contributed by atoms with Crippen LogP contribution in [0.4, 0.5) is 13.2 Å². The van der Waals surface area contributed by atoms with Crippen LogP contribution in [0.3, 0.4) is 0 Å². The lowest BCUT2D eigenvalue weighted by molar-refractivity contribution is -0.174. The summed E-state index contributed by atoms with van der Waals surface area (Å²) in [5.41, 5.74) is 0. The van der Waals surface area contributed by atoms with Crippen molar-refractivity contribution in [2.45, 2.75) is 12.6 Å². The van der Waals surface area contributed by atoms with E-state index in [0.717, 1.165) is 3.57 Å². The Bertz CT molecular complexity index is 342. The van der Waals surface area contributed by atoms with Crippen LogP contribution in [0.2, 0.25) is 0 Å². The molecule has 0 unspecified atom stereocenters. The Balaban J connectivity index is 2.09. The van der Waals surface area contributed by atoms with Crippen molar-refractivity contribution < 1.29 is 22.6 Å². The Morgan fingerprint density at radius 3 is 2.59 bits per heavy atom. The summed E-state index contributed by atoms with van der Waals surface area (Å²) in [6, 6.07) is 7.45. The molecule has 0 saturated carbocycles. The highest BCUT2D eigenvalue weighted by molar-refractivity contribution is 14.1. The molecule has 17 heavy (non-hydrogen) atoms. The summed E-state index contributed by atoms with van der Waals surface area (Å²) < 4.78 is 46.0. The van der Waals surface area contributed by atoms with E-state index in [2.05, 4.69) is 27.3 Å². The highest BCUT2D eigenvalue weighted by Crippen LogP contribution is 2.16. The van der Waals surface area contributed by atoms with Crippen molar-refractivity contribution in [3.63, 3.8) is 0 Å². The number of ether oxygens (including phenoxy) is 2. The molecule has 0 aromatic heterocycles. The van der Waals surface area contributed by atoms with Crippen molar-refractivity contribution in [3.05, 3.63) is 27.8 Å². The van der Waals surface area contributed by atoms with Crippen LogP contribution in [0.1, 0.15) is 6.42 Å². The molecule has 1 aromatic rings. The van der Waals surface area contributed by atoms with E-state index < -0.39 is 12.8 Å². The van der Waals surface area contributed by atoms with Crippen molar-refractivity contribution >= 4 is 22.6 Å². The van der Waals surface area contributed by atoms with Gasteiger partial charge < -0.3 is 9.47 Å². The number of hydrogen-bond acceptors (Lipinski definition) is 2. The number of alkyl halides is 3. The lowest BCUT2D eigenvalue weighted by atomic mass is 10.3. The van der Waals surface area contributed by atoms with E-state index in [1.807, 2.05) is 18.2 Å². The third kappa shape index (κ3) is 7.43. The van der Waals surface area contributed by atoms with E-state index >= 15 is 0 Å². The van der Waals surface area contributed by atoms with Crippen molar-refractivity contribution in [1.29, 1.82) is 0 Å². The third-order valence-corrected chi connectivity index (χ3v) is 2.43. The molecule has 0 heterocycles. The molecule has 0 amide bonds. The molecule has 0 atom stereocenters. The smallest absolute Gasteiger partial charge is 0.411 e. The second-order valence-corrected chi connectivity index (χ2v) is 4.57. The molecule has 1 aromatic carbocycles. The van der Waals surface area contributed by atoms with E-state index in [0.29, 0.717) is 18.8 Å². The minimum Gasteiger partial charge on any atom is -0.493 e. The van der Waals surface area contributed by atoms with Gasteiger partial charge in [-0.3, -0.25) is 0 Å². The molecule has 0 aliphatic heterocycles. The number of halogens is 4. The molecular weight excluding hydrogens is 348 g/mol. The van der Waals surface area contributed by atoms with Crippen molar-refractivity contribution in [1.82, 2.24) is 0 Å². The summed E-state index contributed by atoms with van der Waals surface area (Å²) in [6.45, 7) is -0.808. The molecule has 1 rings (SSSR count). The van der Waals surface area contributed by atoms with Gasteiger partial charge in [-0.05, 0) is 40.8 Å². The first-order valence-electron chi connectivity index (χ1n) is 5.00. The monoisotopic (exact) mass is 360 g/mol. The highest BCUT2D eigenvalue weighted by atomic mass is 127. The fraction of sp³-hybridized carbons (Fsp3) is 0.455. The predicted molar refractivity (Wildman–Crippen MR) is 66.1 cm³/mol. The Morgan fingerprint density at radius 1 is 1.18 bits per heavy atom. The van der Waals surface area contributed by atoms with Gasteiger partial charge in [0.1, 0.15) is 12.4 Å². The quantitative estimate of drug-likeness (QED) is 0.570. The third-order valence-electron chi connectivity index (χ3n) is 1.76. The zero-order chi connectivity index (χ0) is 12.7.